The molecule has 0 aromatic heterocycles. The Balaban J connectivity index is 2.41. The molecule has 3 N–H and O–H groups in total. The van der Waals surface area contributed by atoms with E-state index in [1.54, 1.807) is 7.05 Å². The first-order valence-electron chi connectivity index (χ1n) is 5.80. The standard InChI is InChI=1S/C13H20N2O2/c1-10(15-13(17)9-14-2)8-12(16)11-6-4-3-5-7-11/h3-7,10,12,14,16H,8-9H2,1-2H3,(H,15,17). The molecule has 1 aromatic rings. The van der Waals surface area contributed by atoms with Gasteiger partial charge < -0.3 is 15.7 Å². The van der Waals surface area contributed by atoms with Crippen LogP contribution < -0.4 is 10.6 Å². The largest absolute Gasteiger partial charge is 0.388 e. The van der Waals surface area contributed by atoms with E-state index in [1.165, 1.54) is 0 Å². The first kappa shape index (κ1) is 13.7. The summed E-state index contributed by atoms with van der Waals surface area (Å²) < 4.78 is 0. The molecule has 2 unspecified atom stereocenters. The zero-order valence-corrected chi connectivity index (χ0v) is 10.3. The van der Waals surface area contributed by atoms with Crippen molar-refractivity contribution in [3.05, 3.63) is 35.9 Å². The number of rotatable bonds is 6. The molecule has 0 heterocycles. The van der Waals surface area contributed by atoms with E-state index < -0.39 is 6.10 Å². The molecule has 1 amide bonds. The summed E-state index contributed by atoms with van der Waals surface area (Å²) in [4.78, 5) is 11.3. The van der Waals surface area contributed by atoms with Gasteiger partial charge in [-0.3, -0.25) is 4.79 Å². The number of aliphatic hydroxyl groups excluding tert-OH is 1. The van der Waals surface area contributed by atoms with Crippen molar-refractivity contribution in [1.29, 1.82) is 0 Å². The van der Waals surface area contributed by atoms with Crippen LogP contribution in [0.5, 0.6) is 0 Å². The minimum absolute atomic E-state index is 0.0499. The Labute approximate surface area is 102 Å². The Morgan fingerprint density at radius 2 is 2.00 bits per heavy atom. The number of amides is 1. The molecule has 0 bridgehead atoms. The Morgan fingerprint density at radius 3 is 2.59 bits per heavy atom. The lowest BCUT2D eigenvalue weighted by molar-refractivity contribution is -0.120. The summed E-state index contributed by atoms with van der Waals surface area (Å²) in [5.74, 6) is -0.0553. The third-order valence-corrected chi connectivity index (χ3v) is 2.51. The smallest absolute Gasteiger partial charge is 0.234 e. The molecular formula is C13H20N2O2. The number of nitrogens with one attached hydrogen (secondary N) is 2. The molecule has 0 aliphatic rings. The lowest BCUT2D eigenvalue weighted by Crippen LogP contribution is -2.38. The predicted molar refractivity (Wildman–Crippen MR) is 67.6 cm³/mol. The van der Waals surface area contributed by atoms with E-state index in [9.17, 15) is 9.90 Å². The Morgan fingerprint density at radius 1 is 1.35 bits per heavy atom. The van der Waals surface area contributed by atoms with E-state index in [4.69, 9.17) is 0 Å². The van der Waals surface area contributed by atoms with Gasteiger partial charge in [-0.2, -0.15) is 0 Å². The fraction of sp³-hybridized carbons (Fsp3) is 0.462. The molecule has 94 valence electrons. The summed E-state index contributed by atoms with van der Waals surface area (Å²) in [7, 11) is 1.73. The fourth-order valence-corrected chi connectivity index (χ4v) is 1.69. The van der Waals surface area contributed by atoms with Crippen LogP contribution in [0.25, 0.3) is 0 Å². The molecule has 1 aromatic carbocycles. The summed E-state index contributed by atoms with van der Waals surface area (Å²) in [6, 6.07) is 9.41. The second kappa shape index (κ2) is 7.04. The predicted octanol–water partition coefficient (Wildman–Crippen LogP) is 0.834. The molecule has 0 saturated heterocycles. The van der Waals surface area contributed by atoms with Gasteiger partial charge in [0.15, 0.2) is 0 Å². The molecule has 4 heteroatoms. The molecule has 0 radical (unpaired) electrons. The molecule has 2 atom stereocenters. The number of carbonyl (C=O) groups excluding carboxylic acids is 1. The van der Waals surface area contributed by atoms with E-state index in [0.717, 1.165) is 5.56 Å². The first-order valence-corrected chi connectivity index (χ1v) is 5.80. The summed E-state index contributed by atoms with van der Waals surface area (Å²) in [6.07, 6.45) is -0.0273. The highest BCUT2D eigenvalue weighted by Gasteiger charge is 2.13. The number of hydrogen-bond acceptors (Lipinski definition) is 3. The van der Waals surface area contributed by atoms with Gasteiger partial charge in [-0.1, -0.05) is 30.3 Å². The van der Waals surface area contributed by atoms with Gasteiger partial charge in [0.1, 0.15) is 0 Å². The molecule has 17 heavy (non-hydrogen) atoms. The molecule has 0 aliphatic heterocycles. The van der Waals surface area contributed by atoms with Crippen LogP contribution in [0.15, 0.2) is 30.3 Å². The highest BCUT2D eigenvalue weighted by Crippen LogP contribution is 2.17. The van der Waals surface area contributed by atoms with Crippen molar-refractivity contribution in [3.8, 4) is 0 Å². The van der Waals surface area contributed by atoms with Crippen LogP contribution in [-0.2, 0) is 4.79 Å². The van der Waals surface area contributed by atoms with E-state index >= 15 is 0 Å². The van der Waals surface area contributed by atoms with Gasteiger partial charge in [-0.05, 0) is 26.0 Å². The monoisotopic (exact) mass is 236 g/mol. The van der Waals surface area contributed by atoms with Crippen LogP contribution in [0.4, 0.5) is 0 Å². The zero-order valence-electron chi connectivity index (χ0n) is 10.3. The van der Waals surface area contributed by atoms with Crippen molar-refractivity contribution in [2.45, 2.75) is 25.5 Å². The minimum Gasteiger partial charge on any atom is -0.388 e. The molecule has 0 spiro atoms. The molecular weight excluding hydrogens is 216 g/mol. The third-order valence-electron chi connectivity index (χ3n) is 2.51. The highest BCUT2D eigenvalue weighted by atomic mass is 16.3. The van der Waals surface area contributed by atoms with Gasteiger partial charge in [-0.15, -0.1) is 0 Å². The highest BCUT2D eigenvalue weighted by molar-refractivity contribution is 5.78. The van der Waals surface area contributed by atoms with Gasteiger partial charge in [0, 0.05) is 6.04 Å². The lowest BCUT2D eigenvalue weighted by atomic mass is 10.0. The second-order valence-corrected chi connectivity index (χ2v) is 4.16. The molecule has 0 saturated carbocycles. The van der Waals surface area contributed by atoms with Gasteiger partial charge >= 0.3 is 0 Å². The van der Waals surface area contributed by atoms with Crippen LogP contribution in [0, 0.1) is 0 Å². The van der Waals surface area contributed by atoms with Crippen molar-refractivity contribution in [1.82, 2.24) is 10.6 Å². The van der Waals surface area contributed by atoms with Crippen LogP contribution in [0.3, 0.4) is 0 Å². The van der Waals surface area contributed by atoms with E-state index in [2.05, 4.69) is 10.6 Å². The maximum absolute atomic E-state index is 11.3. The average molecular weight is 236 g/mol. The minimum atomic E-state index is -0.541. The van der Waals surface area contributed by atoms with Gasteiger partial charge in [-0.25, -0.2) is 0 Å². The summed E-state index contributed by atoms with van der Waals surface area (Å²) in [5, 5.41) is 15.6. The first-order chi connectivity index (χ1) is 8.13. The van der Waals surface area contributed by atoms with Crippen LogP contribution in [-0.4, -0.2) is 30.6 Å². The SMILES string of the molecule is CNCC(=O)NC(C)CC(O)c1ccccc1. The third kappa shape index (κ3) is 4.97. The normalized spacial score (nSPS) is 14.1. The van der Waals surface area contributed by atoms with E-state index in [0.29, 0.717) is 13.0 Å². The molecule has 4 nitrogen and oxygen atoms in total. The van der Waals surface area contributed by atoms with Crippen molar-refractivity contribution < 1.29 is 9.90 Å². The molecule has 0 aliphatic carbocycles. The van der Waals surface area contributed by atoms with E-state index in [-0.39, 0.29) is 11.9 Å². The summed E-state index contributed by atoms with van der Waals surface area (Å²) >= 11 is 0. The van der Waals surface area contributed by atoms with Crippen molar-refractivity contribution >= 4 is 5.91 Å². The Kier molecular flexibility index (Phi) is 5.66. The van der Waals surface area contributed by atoms with Gasteiger partial charge in [0.05, 0.1) is 12.6 Å². The Hall–Kier alpha value is -1.39. The van der Waals surface area contributed by atoms with E-state index in [1.807, 2.05) is 37.3 Å². The maximum atomic E-state index is 11.3. The van der Waals surface area contributed by atoms with Crippen LogP contribution in [0.2, 0.25) is 0 Å². The van der Waals surface area contributed by atoms with Crippen molar-refractivity contribution in [2.24, 2.45) is 0 Å². The van der Waals surface area contributed by atoms with Gasteiger partial charge in [0.25, 0.3) is 0 Å². The van der Waals surface area contributed by atoms with Crippen LogP contribution >= 0.6 is 0 Å². The van der Waals surface area contributed by atoms with Gasteiger partial charge in [0.2, 0.25) is 5.91 Å². The zero-order chi connectivity index (χ0) is 12.7. The topological polar surface area (TPSA) is 61.4 Å². The summed E-state index contributed by atoms with van der Waals surface area (Å²) in [6.45, 7) is 2.19. The molecule has 1 rings (SSSR count). The number of aliphatic hydroxyl groups is 1. The average Bonchev–Trinajstić information content (AvgIpc) is 2.30. The number of benzene rings is 1. The number of likely N-dealkylation sites (N-methyl/N-ethyl adjacent to an activating group) is 1. The van der Waals surface area contributed by atoms with Crippen molar-refractivity contribution in [2.75, 3.05) is 13.6 Å². The molecule has 0 fully saturated rings. The van der Waals surface area contributed by atoms with Crippen molar-refractivity contribution in [3.63, 3.8) is 0 Å². The second-order valence-electron chi connectivity index (χ2n) is 4.16. The Bertz CT molecular complexity index is 341. The number of hydrogen-bond donors (Lipinski definition) is 3. The summed E-state index contributed by atoms with van der Waals surface area (Å²) in [5.41, 5.74) is 0.877. The fourth-order valence-electron chi connectivity index (χ4n) is 1.69. The quantitative estimate of drug-likeness (QED) is 0.685. The van der Waals surface area contributed by atoms with Crippen LogP contribution in [0.1, 0.15) is 25.0 Å². The lowest BCUT2D eigenvalue weighted by Gasteiger charge is -2.18. The maximum Gasteiger partial charge on any atom is 0.234 e. The number of carbonyl (C=O) groups is 1.